The van der Waals surface area contributed by atoms with Gasteiger partial charge in [0.15, 0.2) is 0 Å². The fraction of sp³-hybridized carbons (Fsp3) is 0.276. The number of hydrogen-bond donors (Lipinski definition) is 3. The summed E-state index contributed by atoms with van der Waals surface area (Å²) in [5.41, 5.74) is 7.91. The molecule has 0 bridgehead atoms. The summed E-state index contributed by atoms with van der Waals surface area (Å²) in [6, 6.07) is 16.2. The summed E-state index contributed by atoms with van der Waals surface area (Å²) in [6.45, 7) is 5.45. The van der Waals surface area contributed by atoms with Gasteiger partial charge in [-0.15, -0.1) is 0 Å². The van der Waals surface area contributed by atoms with Gasteiger partial charge in [0, 0.05) is 12.5 Å². The normalized spacial score (nSPS) is 12.0. The second-order valence-corrected chi connectivity index (χ2v) is 9.04. The van der Waals surface area contributed by atoms with E-state index in [-0.39, 0.29) is 25.6 Å². The number of methoxy groups -OCH3 is 1. The van der Waals surface area contributed by atoms with Gasteiger partial charge in [-0.1, -0.05) is 48.5 Å². The molecule has 0 heterocycles. The van der Waals surface area contributed by atoms with Crippen molar-refractivity contribution in [1.29, 1.82) is 0 Å². The van der Waals surface area contributed by atoms with Gasteiger partial charge in [-0.3, -0.25) is 10.1 Å². The maximum atomic E-state index is 13.0. The van der Waals surface area contributed by atoms with Crippen molar-refractivity contribution in [1.82, 2.24) is 5.32 Å². The number of rotatable bonds is 8. The van der Waals surface area contributed by atoms with E-state index < -0.39 is 18.0 Å². The minimum absolute atomic E-state index is 0.0835. The number of aliphatic carboxylic acids is 1. The highest BCUT2D eigenvalue weighted by Crippen LogP contribution is 2.44. The van der Waals surface area contributed by atoms with Crippen LogP contribution >= 0.6 is 0 Å². The van der Waals surface area contributed by atoms with E-state index in [1.807, 2.05) is 31.2 Å². The molecule has 3 aromatic carbocycles. The average molecular weight is 503 g/mol. The van der Waals surface area contributed by atoms with Gasteiger partial charge in [0.25, 0.3) is 0 Å². The molecule has 8 heteroatoms. The highest BCUT2D eigenvalue weighted by atomic mass is 16.5. The van der Waals surface area contributed by atoms with Gasteiger partial charge in [0.1, 0.15) is 6.61 Å². The predicted molar refractivity (Wildman–Crippen MR) is 140 cm³/mol. The monoisotopic (exact) mass is 502 g/mol. The van der Waals surface area contributed by atoms with Gasteiger partial charge in [0.2, 0.25) is 0 Å². The van der Waals surface area contributed by atoms with E-state index in [1.165, 1.54) is 7.11 Å². The largest absolute Gasteiger partial charge is 0.480 e. The lowest BCUT2D eigenvalue weighted by Crippen LogP contribution is -2.25. The molecule has 0 unspecified atom stereocenters. The second-order valence-electron chi connectivity index (χ2n) is 9.04. The molecule has 0 spiro atoms. The van der Waals surface area contributed by atoms with E-state index in [0.29, 0.717) is 33.5 Å². The van der Waals surface area contributed by atoms with Crippen LogP contribution in [0.1, 0.15) is 49.7 Å². The van der Waals surface area contributed by atoms with Crippen molar-refractivity contribution in [2.24, 2.45) is 0 Å². The summed E-state index contributed by atoms with van der Waals surface area (Å²) in [5, 5.41) is 14.7. The van der Waals surface area contributed by atoms with Crippen LogP contribution in [0.2, 0.25) is 0 Å². The molecule has 4 rings (SSSR count). The number of carboxylic acid groups (broad SMARTS) is 1. The highest BCUT2D eigenvalue weighted by molar-refractivity contribution is 5.98. The topological polar surface area (TPSA) is 114 Å². The molecule has 1 amide bonds. The lowest BCUT2D eigenvalue weighted by Gasteiger charge is -2.22. The Labute approximate surface area is 215 Å². The number of anilines is 1. The molecule has 0 aliphatic heterocycles. The van der Waals surface area contributed by atoms with Crippen molar-refractivity contribution in [3.8, 4) is 11.1 Å². The van der Waals surface area contributed by atoms with Gasteiger partial charge in [-0.05, 0) is 65.3 Å². The summed E-state index contributed by atoms with van der Waals surface area (Å²) in [4.78, 5) is 36.6. The summed E-state index contributed by atoms with van der Waals surface area (Å²) >= 11 is 0. The van der Waals surface area contributed by atoms with Crippen LogP contribution in [-0.2, 0) is 20.8 Å². The van der Waals surface area contributed by atoms with Crippen LogP contribution in [0, 0.1) is 20.8 Å². The van der Waals surface area contributed by atoms with Crippen molar-refractivity contribution in [2.75, 3.05) is 25.6 Å². The molecule has 0 atom stereocenters. The first kappa shape index (κ1) is 25.9. The van der Waals surface area contributed by atoms with Crippen LogP contribution in [0.4, 0.5) is 10.5 Å². The molecule has 1 aliphatic carbocycles. The van der Waals surface area contributed by atoms with Gasteiger partial charge in [0.05, 0.1) is 24.9 Å². The lowest BCUT2D eigenvalue weighted by molar-refractivity contribution is -0.136. The standard InChI is InChI=1S/C29H30N2O6/c1-16-23(13-30-14-25(32)33)17(2)27(18(3)26(16)28(34)36-4)31-29(35)37-15-24-21-11-7-5-9-19(21)20-10-6-8-12-22(20)24/h5-12,24,30H,13-15H2,1-4H3,(H,31,35)(H,32,33). The third kappa shape index (κ3) is 5.06. The zero-order chi connectivity index (χ0) is 26.7. The number of nitrogens with one attached hydrogen (secondary N) is 2. The fourth-order valence-corrected chi connectivity index (χ4v) is 5.16. The smallest absolute Gasteiger partial charge is 0.411 e. The molecule has 0 saturated heterocycles. The van der Waals surface area contributed by atoms with Crippen molar-refractivity contribution in [3.05, 3.63) is 87.5 Å². The second kappa shape index (κ2) is 10.8. The van der Waals surface area contributed by atoms with Gasteiger partial charge in [-0.25, -0.2) is 9.59 Å². The zero-order valence-corrected chi connectivity index (χ0v) is 21.3. The molecule has 37 heavy (non-hydrogen) atoms. The minimum atomic E-state index is -0.993. The summed E-state index contributed by atoms with van der Waals surface area (Å²) < 4.78 is 10.7. The van der Waals surface area contributed by atoms with E-state index in [9.17, 15) is 14.4 Å². The molecule has 1 aliphatic rings. The summed E-state index contributed by atoms with van der Waals surface area (Å²) in [5.74, 6) is -1.61. The fourth-order valence-electron chi connectivity index (χ4n) is 5.16. The Morgan fingerprint density at radius 1 is 0.892 bits per heavy atom. The van der Waals surface area contributed by atoms with Crippen LogP contribution in [0.25, 0.3) is 11.1 Å². The molecule has 8 nitrogen and oxygen atoms in total. The Hall–Kier alpha value is -4.17. The van der Waals surface area contributed by atoms with Crippen molar-refractivity contribution in [3.63, 3.8) is 0 Å². The van der Waals surface area contributed by atoms with E-state index in [2.05, 4.69) is 34.9 Å². The molecular weight excluding hydrogens is 472 g/mol. The Morgan fingerprint density at radius 2 is 1.49 bits per heavy atom. The molecule has 0 saturated carbocycles. The van der Waals surface area contributed by atoms with E-state index in [1.54, 1.807) is 13.8 Å². The number of amides is 1. The van der Waals surface area contributed by atoms with Crippen LogP contribution in [0.15, 0.2) is 48.5 Å². The number of fused-ring (bicyclic) bond motifs is 3. The number of carbonyl (C=O) groups excluding carboxylic acids is 2. The van der Waals surface area contributed by atoms with Crippen LogP contribution < -0.4 is 10.6 Å². The maximum Gasteiger partial charge on any atom is 0.411 e. The quantitative estimate of drug-likeness (QED) is 0.374. The van der Waals surface area contributed by atoms with Crippen LogP contribution in [0.5, 0.6) is 0 Å². The minimum Gasteiger partial charge on any atom is -0.480 e. The molecular formula is C29H30N2O6. The molecule has 3 aromatic rings. The Kier molecular flexibility index (Phi) is 7.59. The number of ether oxygens (including phenoxy) is 2. The first-order chi connectivity index (χ1) is 17.7. The van der Waals surface area contributed by atoms with Crippen molar-refractivity contribution >= 4 is 23.7 Å². The highest BCUT2D eigenvalue weighted by Gasteiger charge is 2.29. The Bertz CT molecular complexity index is 1340. The third-order valence-electron chi connectivity index (χ3n) is 6.94. The average Bonchev–Trinajstić information content (AvgIpc) is 3.20. The summed E-state index contributed by atoms with van der Waals surface area (Å²) in [6.07, 6.45) is -0.642. The van der Waals surface area contributed by atoms with Crippen molar-refractivity contribution < 1.29 is 29.0 Å². The van der Waals surface area contributed by atoms with E-state index in [0.717, 1.165) is 22.3 Å². The molecule has 0 radical (unpaired) electrons. The number of carbonyl (C=O) groups is 3. The number of carboxylic acids is 1. The zero-order valence-electron chi connectivity index (χ0n) is 21.3. The van der Waals surface area contributed by atoms with Gasteiger partial charge >= 0.3 is 18.0 Å². The Balaban J connectivity index is 1.58. The van der Waals surface area contributed by atoms with E-state index in [4.69, 9.17) is 14.6 Å². The van der Waals surface area contributed by atoms with Crippen LogP contribution in [-0.4, -0.2) is 43.4 Å². The number of benzene rings is 3. The summed E-state index contributed by atoms with van der Waals surface area (Å²) in [7, 11) is 1.29. The lowest BCUT2D eigenvalue weighted by atomic mass is 9.91. The first-order valence-corrected chi connectivity index (χ1v) is 12.0. The molecule has 0 aromatic heterocycles. The molecule has 192 valence electrons. The van der Waals surface area contributed by atoms with E-state index >= 15 is 0 Å². The van der Waals surface area contributed by atoms with Gasteiger partial charge in [-0.2, -0.15) is 0 Å². The van der Waals surface area contributed by atoms with Crippen molar-refractivity contribution in [2.45, 2.75) is 33.2 Å². The molecule has 3 N–H and O–H groups in total. The molecule has 0 fully saturated rings. The number of esters is 1. The van der Waals surface area contributed by atoms with Gasteiger partial charge < -0.3 is 19.9 Å². The van der Waals surface area contributed by atoms with Crippen LogP contribution in [0.3, 0.4) is 0 Å². The number of hydrogen-bond acceptors (Lipinski definition) is 6. The third-order valence-corrected chi connectivity index (χ3v) is 6.94. The maximum absolute atomic E-state index is 13.0. The first-order valence-electron chi connectivity index (χ1n) is 12.0. The Morgan fingerprint density at radius 3 is 2.05 bits per heavy atom. The predicted octanol–water partition coefficient (Wildman–Crippen LogP) is 4.93. The SMILES string of the molecule is COC(=O)c1c(C)c(CNCC(=O)O)c(C)c(NC(=O)OCC2c3ccccc3-c3ccccc32)c1C.